The van der Waals surface area contributed by atoms with Gasteiger partial charge >= 0.3 is 0 Å². The van der Waals surface area contributed by atoms with E-state index in [0.29, 0.717) is 32.9 Å². The minimum atomic E-state index is 0.0210. The van der Waals surface area contributed by atoms with Crippen molar-refractivity contribution in [1.82, 2.24) is 0 Å². The second kappa shape index (κ2) is 7.84. The van der Waals surface area contributed by atoms with Crippen LogP contribution >= 0.6 is 24.5 Å². The molecule has 0 fully saturated rings. The number of halogens is 1. The summed E-state index contributed by atoms with van der Waals surface area (Å²) in [6.45, 7) is 4.13. The Hall–Kier alpha value is -0.800. The summed E-state index contributed by atoms with van der Waals surface area (Å²) >= 11 is 3.40. The van der Waals surface area contributed by atoms with Crippen LogP contribution in [0, 0.1) is 0 Å². The van der Waals surface area contributed by atoms with E-state index in [4.69, 9.17) is 14.2 Å². The molecule has 0 saturated heterocycles. The van der Waals surface area contributed by atoms with Gasteiger partial charge in [-0.3, -0.25) is 4.79 Å². The summed E-state index contributed by atoms with van der Waals surface area (Å²) in [4.78, 5) is 12.6. The molecule has 6 heteroatoms. The van der Waals surface area contributed by atoms with Gasteiger partial charge in [0.2, 0.25) is 0 Å². The Morgan fingerprint density at radius 3 is 2.30 bits per heavy atom. The van der Waals surface area contributed by atoms with Crippen molar-refractivity contribution in [1.29, 1.82) is 0 Å². The van der Waals surface area contributed by atoms with Crippen LogP contribution in [0.2, 0.25) is 0 Å². The molecule has 2 unspecified atom stereocenters. The molecule has 0 aromatic heterocycles. The Morgan fingerprint density at radius 2 is 1.85 bits per heavy atom. The summed E-state index contributed by atoms with van der Waals surface area (Å²) in [5.41, 5.74) is 0.800. The molecule has 0 aliphatic carbocycles. The highest BCUT2D eigenvalue weighted by Gasteiger charge is 2.25. The van der Waals surface area contributed by atoms with Gasteiger partial charge in [0, 0.05) is 6.07 Å². The van der Waals surface area contributed by atoms with Crippen molar-refractivity contribution < 1.29 is 19.0 Å². The molecule has 0 aliphatic heterocycles. The largest absolute Gasteiger partial charge is 0.495 e. The Morgan fingerprint density at radius 1 is 1.25 bits per heavy atom. The van der Waals surface area contributed by atoms with Crippen LogP contribution in [0.25, 0.3) is 0 Å². The first-order chi connectivity index (χ1) is 9.49. The number of hydrogen-bond acceptors (Lipinski definition) is 4. The summed E-state index contributed by atoms with van der Waals surface area (Å²) < 4.78 is 16.7. The number of methoxy groups -OCH3 is 3. The SMILES string of the molecule is CCC(C)PC(=O)c1c(OC)c(Br)cc(OC)c1OC. The normalized spacial score (nSPS) is 12.5. The van der Waals surface area contributed by atoms with Crippen molar-refractivity contribution >= 4 is 30.0 Å². The number of ether oxygens (including phenoxy) is 3. The maximum absolute atomic E-state index is 12.6. The fourth-order valence-electron chi connectivity index (χ4n) is 1.75. The highest BCUT2D eigenvalue weighted by molar-refractivity contribution is 9.10. The molecule has 0 radical (unpaired) electrons. The van der Waals surface area contributed by atoms with Crippen molar-refractivity contribution in [3.05, 3.63) is 16.1 Å². The lowest BCUT2D eigenvalue weighted by Gasteiger charge is -2.18. The first-order valence-electron chi connectivity index (χ1n) is 6.29. The van der Waals surface area contributed by atoms with E-state index in [2.05, 4.69) is 29.8 Å². The van der Waals surface area contributed by atoms with E-state index < -0.39 is 0 Å². The zero-order chi connectivity index (χ0) is 15.3. The molecule has 112 valence electrons. The fraction of sp³-hybridized carbons (Fsp3) is 0.500. The third-order valence-corrected chi connectivity index (χ3v) is 5.00. The van der Waals surface area contributed by atoms with E-state index in [1.165, 1.54) is 14.2 Å². The van der Waals surface area contributed by atoms with Crippen LogP contribution in [-0.2, 0) is 0 Å². The van der Waals surface area contributed by atoms with Crippen LogP contribution in [0.3, 0.4) is 0 Å². The lowest BCUT2D eigenvalue weighted by molar-refractivity contribution is 0.107. The zero-order valence-electron chi connectivity index (χ0n) is 12.4. The maximum atomic E-state index is 12.6. The summed E-state index contributed by atoms with van der Waals surface area (Å²) in [5.74, 6) is 1.43. The smallest absolute Gasteiger partial charge is 0.189 e. The molecule has 0 spiro atoms. The van der Waals surface area contributed by atoms with E-state index in [1.807, 2.05) is 0 Å². The van der Waals surface area contributed by atoms with Crippen LogP contribution < -0.4 is 14.2 Å². The zero-order valence-corrected chi connectivity index (χ0v) is 15.0. The van der Waals surface area contributed by atoms with Gasteiger partial charge in [0.05, 0.1) is 25.8 Å². The van der Waals surface area contributed by atoms with Crippen LogP contribution in [0.15, 0.2) is 10.5 Å². The van der Waals surface area contributed by atoms with Gasteiger partial charge in [0.25, 0.3) is 0 Å². The Bertz CT molecular complexity index is 491. The fourth-order valence-corrected chi connectivity index (χ4v) is 3.34. The van der Waals surface area contributed by atoms with Gasteiger partial charge in [-0.05, 0) is 36.6 Å². The van der Waals surface area contributed by atoms with Crippen molar-refractivity contribution in [3.8, 4) is 17.2 Å². The Balaban J connectivity index is 3.39. The molecular weight excluding hydrogens is 343 g/mol. The van der Waals surface area contributed by atoms with Gasteiger partial charge in [0.15, 0.2) is 17.0 Å². The van der Waals surface area contributed by atoms with Crippen molar-refractivity contribution in [2.24, 2.45) is 0 Å². The predicted molar refractivity (Wildman–Crippen MR) is 86.2 cm³/mol. The highest BCUT2D eigenvalue weighted by atomic mass is 79.9. The van der Waals surface area contributed by atoms with Gasteiger partial charge in [-0.15, -0.1) is 0 Å². The lowest BCUT2D eigenvalue weighted by atomic mass is 10.1. The van der Waals surface area contributed by atoms with E-state index >= 15 is 0 Å². The minimum Gasteiger partial charge on any atom is -0.495 e. The maximum Gasteiger partial charge on any atom is 0.189 e. The summed E-state index contributed by atoms with van der Waals surface area (Å²) in [6, 6.07) is 1.74. The third-order valence-electron chi connectivity index (χ3n) is 3.00. The first kappa shape index (κ1) is 17.3. The first-order valence-corrected chi connectivity index (χ1v) is 8.16. The second-order valence-electron chi connectivity index (χ2n) is 4.28. The molecular formula is C14H20BrO4P. The third kappa shape index (κ3) is 3.64. The van der Waals surface area contributed by atoms with Gasteiger partial charge in [-0.2, -0.15) is 0 Å². The molecule has 0 heterocycles. The van der Waals surface area contributed by atoms with Crippen LogP contribution in [0.5, 0.6) is 17.2 Å². The van der Waals surface area contributed by atoms with E-state index in [9.17, 15) is 4.79 Å². The molecule has 0 N–H and O–H groups in total. The van der Waals surface area contributed by atoms with Crippen molar-refractivity contribution in [2.45, 2.75) is 25.9 Å². The summed E-state index contributed by atoms with van der Waals surface area (Å²) in [6.07, 6.45) is 0.958. The van der Waals surface area contributed by atoms with E-state index in [-0.39, 0.29) is 14.1 Å². The topological polar surface area (TPSA) is 44.8 Å². The molecule has 1 aromatic carbocycles. The standard InChI is InChI=1S/C14H20BrO4P/c1-6-8(2)20-14(16)11-12(18-4)9(15)7-10(17-3)13(11)19-5/h7-8,20H,6H2,1-5H3. The lowest BCUT2D eigenvalue weighted by Crippen LogP contribution is -2.06. The molecule has 4 nitrogen and oxygen atoms in total. The van der Waals surface area contributed by atoms with Crippen molar-refractivity contribution in [3.63, 3.8) is 0 Å². The average Bonchev–Trinajstić information content (AvgIpc) is 2.45. The monoisotopic (exact) mass is 362 g/mol. The van der Waals surface area contributed by atoms with Gasteiger partial charge < -0.3 is 14.2 Å². The van der Waals surface area contributed by atoms with E-state index in [1.54, 1.807) is 13.2 Å². The van der Waals surface area contributed by atoms with Crippen LogP contribution in [0.4, 0.5) is 0 Å². The van der Waals surface area contributed by atoms with Crippen LogP contribution in [-0.4, -0.2) is 32.5 Å². The number of rotatable bonds is 7. The molecule has 0 saturated carbocycles. The molecule has 1 rings (SSSR count). The van der Waals surface area contributed by atoms with Crippen LogP contribution in [0.1, 0.15) is 30.6 Å². The van der Waals surface area contributed by atoms with Gasteiger partial charge in [-0.25, -0.2) is 0 Å². The highest BCUT2D eigenvalue weighted by Crippen LogP contribution is 2.46. The molecule has 0 bridgehead atoms. The van der Waals surface area contributed by atoms with Gasteiger partial charge in [-0.1, -0.05) is 13.8 Å². The number of carbonyl (C=O) groups excluding carboxylic acids is 1. The number of carbonyl (C=O) groups is 1. The minimum absolute atomic E-state index is 0.0210. The molecule has 0 amide bonds. The summed E-state index contributed by atoms with van der Waals surface area (Å²) in [7, 11) is 4.78. The molecule has 2 atom stereocenters. The molecule has 1 aromatic rings. The average molecular weight is 363 g/mol. The predicted octanol–water partition coefficient (Wildman–Crippen LogP) is 4.09. The van der Waals surface area contributed by atoms with Crippen molar-refractivity contribution in [2.75, 3.05) is 21.3 Å². The summed E-state index contributed by atoms with van der Waals surface area (Å²) in [5, 5.41) is 0. The quantitative estimate of drug-likeness (QED) is 0.685. The molecule has 0 aliphatic rings. The second-order valence-corrected chi connectivity index (χ2v) is 6.87. The number of hydrogen-bond donors (Lipinski definition) is 0. The van der Waals surface area contributed by atoms with Gasteiger partial charge in [0.1, 0.15) is 11.3 Å². The Labute approximate surface area is 130 Å². The van der Waals surface area contributed by atoms with E-state index in [0.717, 1.165) is 6.42 Å². The number of benzene rings is 1. The Kier molecular flexibility index (Phi) is 6.77. The molecule has 20 heavy (non-hydrogen) atoms.